The van der Waals surface area contributed by atoms with Gasteiger partial charge in [0.15, 0.2) is 0 Å². The van der Waals surface area contributed by atoms with Gasteiger partial charge in [0.2, 0.25) is 0 Å². The molecule has 3 nitrogen and oxygen atoms in total. The van der Waals surface area contributed by atoms with E-state index in [1.807, 2.05) is 48.5 Å². The Bertz CT molecular complexity index is 506. The van der Waals surface area contributed by atoms with Crippen LogP contribution in [0.1, 0.15) is 18.9 Å². The van der Waals surface area contributed by atoms with Crippen molar-refractivity contribution in [2.75, 3.05) is 18.9 Å². The van der Waals surface area contributed by atoms with Crippen LogP contribution in [0.25, 0.3) is 0 Å². The SMILES string of the molecule is CCCOc1ccc(OCCc2ccc(N)cc2)cc1. The van der Waals surface area contributed by atoms with Crippen LogP contribution < -0.4 is 15.2 Å². The summed E-state index contributed by atoms with van der Waals surface area (Å²) in [6, 6.07) is 15.6. The molecule has 0 amide bonds. The Morgan fingerprint density at radius 1 is 0.800 bits per heavy atom. The first-order valence-electron chi connectivity index (χ1n) is 6.98. The Morgan fingerprint density at radius 3 is 1.90 bits per heavy atom. The van der Waals surface area contributed by atoms with E-state index >= 15 is 0 Å². The largest absolute Gasteiger partial charge is 0.494 e. The van der Waals surface area contributed by atoms with Crippen LogP contribution in [0, 0.1) is 0 Å². The second kappa shape index (κ2) is 7.43. The second-order valence-electron chi connectivity index (χ2n) is 4.66. The maximum absolute atomic E-state index is 5.71. The van der Waals surface area contributed by atoms with Crippen molar-refractivity contribution in [3.05, 3.63) is 54.1 Å². The standard InChI is InChI=1S/C17H21NO2/c1-2-12-19-16-7-9-17(10-8-16)20-13-11-14-3-5-15(18)6-4-14/h3-10H,2,11-13,18H2,1H3. The van der Waals surface area contributed by atoms with Crippen molar-refractivity contribution in [3.8, 4) is 11.5 Å². The molecule has 0 atom stereocenters. The summed E-state index contributed by atoms with van der Waals surface area (Å²) in [6.07, 6.45) is 1.88. The molecule has 20 heavy (non-hydrogen) atoms. The molecule has 0 saturated heterocycles. The highest BCUT2D eigenvalue weighted by molar-refractivity contribution is 5.39. The smallest absolute Gasteiger partial charge is 0.119 e. The molecular weight excluding hydrogens is 250 g/mol. The molecular formula is C17H21NO2. The molecule has 0 fully saturated rings. The molecule has 2 aromatic rings. The third kappa shape index (κ3) is 4.50. The van der Waals surface area contributed by atoms with Crippen molar-refractivity contribution in [3.63, 3.8) is 0 Å². The topological polar surface area (TPSA) is 44.5 Å². The molecule has 2 aromatic carbocycles. The maximum atomic E-state index is 5.71. The van der Waals surface area contributed by atoms with Gasteiger partial charge in [0.1, 0.15) is 11.5 Å². The Morgan fingerprint density at radius 2 is 1.35 bits per heavy atom. The van der Waals surface area contributed by atoms with Gasteiger partial charge in [-0.2, -0.15) is 0 Å². The first-order chi connectivity index (χ1) is 9.78. The van der Waals surface area contributed by atoms with E-state index in [4.69, 9.17) is 15.2 Å². The highest BCUT2D eigenvalue weighted by Crippen LogP contribution is 2.18. The molecule has 0 spiro atoms. The van der Waals surface area contributed by atoms with Gasteiger partial charge < -0.3 is 15.2 Å². The molecule has 0 aromatic heterocycles. The van der Waals surface area contributed by atoms with Crippen molar-refractivity contribution in [1.29, 1.82) is 0 Å². The summed E-state index contributed by atoms with van der Waals surface area (Å²) in [4.78, 5) is 0. The van der Waals surface area contributed by atoms with Gasteiger partial charge >= 0.3 is 0 Å². The van der Waals surface area contributed by atoms with Gasteiger partial charge in [-0.15, -0.1) is 0 Å². The van der Waals surface area contributed by atoms with Gasteiger partial charge in [-0.05, 0) is 48.4 Å². The monoisotopic (exact) mass is 271 g/mol. The van der Waals surface area contributed by atoms with Crippen molar-refractivity contribution < 1.29 is 9.47 Å². The normalized spacial score (nSPS) is 10.2. The minimum atomic E-state index is 0.652. The van der Waals surface area contributed by atoms with E-state index in [2.05, 4.69) is 6.92 Å². The van der Waals surface area contributed by atoms with Crippen LogP contribution in [0.4, 0.5) is 5.69 Å². The van der Waals surface area contributed by atoms with E-state index in [0.29, 0.717) is 6.61 Å². The summed E-state index contributed by atoms with van der Waals surface area (Å²) >= 11 is 0. The van der Waals surface area contributed by atoms with E-state index in [9.17, 15) is 0 Å². The van der Waals surface area contributed by atoms with E-state index in [-0.39, 0.29) is 0 Å². The lowest BCUT2D eigenvalue weighted by Gasteiger charge is -2.08. The number of ether oxygens (including phenoxy) is 2. The third-order valence-electron chi connectivity index (χ3n) is 2.94. The van der Waals surface area contributed by atoms with Crippen LogP contribution in [0.3, 0.4) is 0 Å². The van der Waals surface area contributed by atoms with Crippen molar-refractivity contribution in [1.82, 2.24) is 0 Å². The van der Waals surface area contributed by atoms with Gasteiger partial charge in [-0.3, -0.25) is 0 Å². The van der Waals surface area contributed by atoms with E-state index in [1.54, 1.807) is 0 Å². The zero-order valence-electron chi connectivity index (χ0n) is 11.8. The highest BCUT2D eigenvalue weighted by Gasteiger charge is 1.97. The van der Waals surface area contributed by atoms with Crippen molar-refractivity contribution >= 4 is 5.69 Å². The minimum absolute atomic E-state index is 0.652. The Balaban J connectivity index is 1.77. The van der Waals surface area contributed by atoms with Crippen molar-refractivity contribution in [2.45, 2.75) is 19.8 Å². The van der Waals surface area contributed by atoms with E-state index < -0.39 is 0 Å². The van der Waals surface area contributed by atoms with Gasteiger partial charge in [-0.25, -0.2) is 0 Å². The second-order valence-corrected chi connectivity index (χ2v) is 4.66. The number of rotatable bonds is 7. The fraction of sp³-hybridized carbons (Fsp3) is 0.294. The number of benzene rings is 2. The van der Waals surface area contributed by atoms with Gasteiger partial charge in [0.25, 0.3) is 0 Å². The molecule has 2 N–H and O–H groups in total. The summed E-state index contributed by atoms with van der Waals surface area (Å²) in [5, 5.41) is 0. The highest BCUT2D eigenvalue weighted by atomic mass is 16.5. The van der Waals surface area contributed by atoms with E-state index in [0.717, 1.165) is 36.6 Å². The molecule has 0 aliphatic carbocycles. The van der Waals surface area contributed by atoms with Crippen LogP contribution in [0.2, 0.25) is 0 Å². The van der Waals surface area contributed by atoms with E-state index in [1.165, 1.54) is 5.56 Å². The fourth-order valence-corrected chi connectivity index (χ4v) is 1.82. The Labute approximate surface area is 120 Å². The zero-order valence-corrected chi connectivity index (χ0v) is 11.8. The number of nitrogens with two attached hydrogens (primary N) is 1. The molecule has 0 aliphatic heterocycles. The minimum Gasteiger partial charge on any atom is -0.494 e. The molecule has 0 radical (unpaired) electrons. The number of hydrogen-bond acceptors (Lipinski definition) is 3. The molecule has 106 valence electrons. The quantitative estimate of drug-likeness (QED) is 0.781. The summed E-state index contributed by atoms with van der Waals surface area (Å²) in [5.74, 6) is 1.75. The molecule has 0 aliphatic rings. The molecule has 0 unspecified atom stereocenters. The van der Waals surface area contributed by atoms with Crippen LogP contribution >= 0.6 is 0 Å². The summed E-state index contributed by atoms with van der Waals surface area (Å²) in [5.41, 5.74) is 7.67. The number of hydrogen-bond donors (Lipinski definition) is 1. The van der Waals surface area contributed by atoms with Crippen LogP contribution in [0.15, 0.2) is 48.5 Å². The predicted molar refractivity (Wildman–Crippen MR) is 82.3 cm³/mol. The maximum Gasteiger partial charge on any atom is 0.119 e. The first kappa shape index (κ1) is 14.3. The predicted octanol–water partition coefficient (Wildman–Crippen LogP) is 3.68. The summed E-state index contributed by atoms with van der Waals surface area (Å²) in [7, 11) is 0. The fourth-order valence-electron chi connectivity index (χ4n) is 1.82. The van der Waals surface area contributed by atoms with Gasteiger partial charge in [0, 0.05) is 12.1 Å². The summed E-state index contributed by atoms with van der Waals surface area (Å²) in [6.45, 7) is 3.49. The van der Waals surface area contributed by atoms with Crippen LogP contribution in [0.5, 0.6) is 11.5 Å². The third-order valence-corrected chi connectivity index (χ3v) is 2.94. The Kier molecular flexibility index (Phi) is 5.30. The number of anilines is 1. The van der Waals surface area contributed by atoms with Crippen LogP contribution in [-0.4, -0.2) is 13.2 Å². The van der Waals surface area contributed by atoms with Gasteiger partial charge in [0.05, 0.1) is 13.2 Å². The zero-order chi connectivity index (χ0) is 14.2. The first-order valence-corrected chi connectivity index (χ1v) is 6.98. The van der Waals surface area contributed by atoms with Crippen LogP contribution in [-0.2, 0) is 6.42 Å². The molecule has 0 bridgehead atoms. The lowest BCUT2D eigenvalue weighted by molar-refractivity contribution is 0.310. The van der Waals surface area contributed by atoms with Gasteiger partial charge in [-0.1, -0.05) is 19.1 Å². The molecule has 0 saturated carbocycles. The molecule has 0 heterocycles. The average Bonchev–Trinajstić information content (AvgIpc) is 2.48. The Hall–Kier alpha value is -2.16. The average molecular weight is 271 g/mol. The molecule has 3 heteroatoms. The number of nitrogen functional groups attached to an aromatic ring is 1. The lowest BCUT2D eigenvalue weighted by Crippen LogP contribution is -2.01. The summed E-state index contributed by atoms with van der Waals surface area (Å²) < 4.78 is 11.2. The lowest BCUT2D eigenvalue weighted by atomic mass is 10.1. The molecule has 2 rings (SSSR count). The van der Waals surface area contributed by atoms with Crippen molar-refractivity contribution in [2.24, 2.45) is 0 Å².